The molecule has 0 radical (unpaired) electrons. The molecule has 3 nitrogen and oxygen atoms in total. The van der Waals surface area contributed by atoms with Crippen LogP contribution in [0.5, 0.6) is 0 Å². The Kier molecular flexibility index (Phi) is 4.74. The van der Waals surface area contributed by atoms with E-state index >= 15 is 0 Å². The number of nitrogens with zero attached hydrogens (tertiary/aromatic N) is 1. The molecular weight excluding hydrogens is 272 g/mol. The third-order valence-electron chi connectivity index (χ3n) is 4.58. The first-order chi connectivity index (χ1) is 10.8. The molecule has 2 aromatic rings. The lowest BCUT2D eigenvalue weighted by Crippen LogP contribution is -2.40. The molecule has 0 aliphatic carbocycles. The van der Waals surface area contributed by atoms with Gasteiger partial charge < -0.3 is 10.2 Å². The Morgan fingerprint density at radius 3 is 2.59 bits per heavy atom. The summed E-state index contributed by atoms with van der Waals surface area (Å²) < 4.78 is 0. The zero-order chi connectivity index (χ0) is 15.4. The largest absolute Gasteiger partial charge is 0.339 e. The molecule has 3 heteroatoms. The number of fused-ring (bicyclic) bond motifs is 1. The van der Waals surface area contributed by atoms with Gasteiger partial charge >= 0.3 is 0 Å². The maximum Gasteiger partial charge on any atom is 0.253 e. The molecule has 0 saturated carbocycles. The second-order valence-electron chi connectivity index (χ2n) is 6.11. The van der Waals surface area contributed by atoms with Crippen molar-refractivity contribution < 1.29 is 4.79 Å². The van der Waals surface area contributed by atoms with Gasteiger partial charge in [0.25, 0.3) is 5.91 Å². The Bertz CT molecular complexity index is 645. The van der Waals surface area contributed by atoms with Gasteiger partial charge in [-0.05, 0) is 54.8 Å². The summed E-state index contributed by atoms with van der Waals surface area (Å²) in [5.74, 6) is 0.883. The summed E-state index contributed by atoms with van der Waals surface area (Å²) >= 11 is 0. The van der Waals surface area contributed by atoms with Crippen LogP contribution in [-0.2, 0) is 0 Å². The van der Waals surface area contributed by atoms with E-state index in [4.69, 9.17) is 0 Å². The summed E-state index contributed by atoms with van der Waals surface area (Å²) in [5, 5.41) is 5.73. The monoisotopic (exact) mass is 296 g/mol. The van der Waals surface area contributed by atoms with Crippen molar-refractivity contribution >= 4 is 16.7 Å². The lowest BCUT2D eigenvalue weighted by molar-refractivity contribution is 0.0690. The van der Waals surface area contributed by atoms with Crippen molar-refractivity contribution in [1.82, 2.24) is 10.2 Å². The maximum absolute atomic E-state index is 12.7. The van der Waals surface area contributed by atoms with E-state index in [1.54, 1.807) is 0 Å². The number of likely N-dealkylation sites (tertiary alicyclic amines) is 1. The van der Waals surface area contributed by atoms with Crippen molar-refractivity contribution in [3.63, 3.8) is 0 Å². The minimum Gasteiger partial charge on any atom is -0.339 e. The van der Waals surface area contributed by atoms with Crippen LogP contribution in [0.2, 0.25) is 0 Å². The fourth-order valence-electron chi connectivity index (χ4n) is 3.19. The number of nitrogens with one attached hydrogen (secondary N) is 1. The molecule has 1 amide bonds. The predicted octanol–water partition coefficient (Wildman–Crippen LogP) is 3.30. The van der Waals surface area contributed by atoms with E-state index in [1.807, 2.05) is 35.2 Å². The van der Waals surface area contributed by atoms with Crippen molar-refractivity contribution in [2.75, 3.05) is 26.2 Å². The highest BCUT2D eigenvalue weighted by molar-refractivity contribution is 5.98. The van der Waals surface area contributed by atoms with Gasteiger partial charge in [0, 0.05) is 18.7 Å². The second kappa shape index (κ2) is 6.93. The molecule has 0 atom stereocenters. The minimum absolute atomic E-state index is 0.174. The number of carbonyl (C=O) groups excluding carboxylic acids is 1. The van der Waals surface area contributed by atoms with Gasteiger partial charge in [0.15, 0.2) is 0 Å². The first-order valence-electron chi connectivity index (χ1n) is 8.26. The van der Waals surface area contributed by atoms with Gasteiger partial charge in [-0.3, -0.25) is 4.79 Å². The van der Waals surface area contributed by atoms with Crippen molar-refractivity contribution in [3.8, 4) is 0 Å². The van der Waals surface area contributed by atoms with Crippen LogP contribution in [0.15, 0.2) is 42.5 Å². The van der Waals surface area contributed by atoms with Gasteiger partial charge in [0.1, 0.15) is 0 Å². The Labute approximate surface area is 132 Å². The van der Waals surface area contributed by atoms with Crippen LogP contribution in [0, 0.1) is 5.92 Å². The molecule has 0 aromatic heterocycles. The van der Waals surface area contributed by atoms with Crippen LogP contribution in [0.1, 0.15) is 30.1 Å². The molecule has 2 aromatic carbocycles. The van der Waals surface area contributed by atoms with E-state index in [-0.39, 0.29) is 5.91 Å². The third-order valence-corrected chi connectivity index (χ3v) is 4.58. The maximum atomic E-state index is 12.7. The number of carbonyl (C=O) groups is 1. The first kappa shape index (κ1) is 15.0. The van der Waals surface area contributed by atoms with Crippen LogP contribution < -0.4 is 5.32 Å². The number of hydrogen-bond donors (Lipinski definition) is 1. The van der Waals surface area contributed by atoms with Crippen molar-refractivity contribution in [2.45, 2.75) is 19.8 Å². The van der Waals surface area contributed by atoms with Crippen molar-refractivity contribution in [3.05, 3.63) is 48.0 Å². The molecule has 1 aliphatic heterocycles. The summed E-state index contributed by atoms with van der Waals surface area (Å²) in [6.07, 6.45) is 2.21. The highest BCUT2D eigenvalue weighted by atomic mass is 16.2. The lowest BCUT2D eigenvalue weighted by atomic mass is 9.96. The van der Waals surface area contributed by atoms with E-state index < -0.39 is 0 Å². The highest BCUT2D eigenvalue weighted by Gasteiger charge is 2.23. The lowest BCUT2D eigenvalue weighted by Gasteiger charge is -2.32. The van der Waals surface area contributed by atoms with Gasteiger partial charge in [0.2, 0.25) is 0 Å². The predicted molar refractivity (Wildman–Crippen MR) is 91.1 cm³/mol. The molecule has 3 rings (SSSR count). The molecule has 0 spiro atoms. The Balaban J connectivity index is 1.66. The van der Waals surface area contributed by atoms with E-state index in [2.05, 4.69) is 24.4 Å². The Hall–Kier alpha value is -1.87. The number of piperidine rings is 1. The molecule has 1 heterocycles. The summed E-state index contributed by atoms with van der Waals surface area (Å²) in [7, 11) is 0. The first-order valence-corrected chi connectivity index (χ1v) is 8.26. The van der Waals surface area contributed by atoms with Gasteiger partial charge in [-0.15, -0.1) is 0 Å². The number of rotatable bonds is 4. The zero-order valence-corrected chi connectivity index (χ0v) is 13.2. The van der Waals surface area contributed by atoms with Gasteiger partial charge in [0.05, 0.1) is 0 Å². The third kappa shape index (κ3) is 3.30. The van der Waals surface area contributed by atoms with Crippen LogP contribution in [-0.4, -0.2) is 37.0 Å². The molecule has 0 unspecified atom stereocenters. The summed E-state index contributed by atoms with van der Waals surface area (Å²) in [6.45, 7) is 5.99. The van der Waals surface area contributed by atoms with Crippen molar-refractivity contribution in [1.29, 1.82) is 0 Å². The number of benzene rings is 2. The summed E-state index contributed by atoms with van der Waals surface area (Å²) in [5.41, 5.74) is 0.809. The number of amides is 1. The Morgan fingerprint density at radius 1 is 1.14 bits per heavy atom. The standard InChI is InChI=1S/C19H24N2O/c1-2-20-14-15-9-11-21(12-10-15)19(22)18-8-7-16-5-3-4-6-17(16)13-18/h3-8,13,15,20H,2,9-12,14H2,1H3. The van der Waals surface area contributed by atoms with Crippen LogP contribution in [0.25, 0.3) is 10.8 Å². The van der Waals surface area contributed by atoms with Crippen LogP contribution in [0.4, 0.5) is 0 Å². The topological polar surface area (TPSA) is 32.3 Å². The normalized spacial score (nSPS) is 16.1. The van der Waals surface area contributed by atoms with Crippen molar-refractivity contribution in [2.24, 2.45) is 5.92 Å². The fraction of sp³-hybridized carbons (Fsp3) is 0.421. The van der Waals surface area contributed by atoms with Crippen LogP contribution in [0.3, 0.4) is 0 Å². The summed E-state index contributed by atoms with van der Waals surface area (Å²) in [6, 6.07) is 14.2. The number of hydrogen-bond acceptors (Lipinski definition) is 2. The van der Waals surface area contributed by atoms with E-state index in [1.165, 1.54) is 5.39 Å². The van der Waals surface area contributed by atoms with Crippen LogP contribution >= 0.6 is 0 Å². The molecule has 1 saturated heterocycles. The average Bonchev–Trinajstić information content (AvgIpc) is 2.59. The van der Waals surface area contributed by atoms with Gasteiger partial charge in [-0.1, -0.05) is 37.3 Å². The minimum atomic E-state index is 0.174. The molecule has 1 fully saturated rings. The molecule has 1 N–H and O–H groups in total. The molecule has 0 bridgehead atoms. The quantitative estimate of drug-likeness (QED) is 0.939. The van der Waals surface area contributed by atoms with E-state index in [0.717, 1.165) is 50.0 Å². The molecule has 1 aliphatic rings. The average molecular weight is 296 g/mol. The molecular formula is C19H24N2O. The second-order valence-corrected chi connectivity index (χ2v) is 6.11. The van der Waals surface area contributed by atoms with Gasteiger partial charge in [-0.25, -0.2) is 0 Å². The highest BCUT2D eigenvalue weighted by Crippen LogP contribution is 2.21. The summed E-state index contributed by atoms with van der Waals surface area (Å²) in [4.78, 5) is 14.7. The van der Waals surface area contributed by atoms with Gasteiger partial charge in [-0.2, -0.15) is 0 Å². The van der Waals surface area contributed by atoms with E-state index in [9.17, 15) is 4.79 Å². The molecule has 116 valence electrons. The smallest absolute Gasteiger partial charge is 0.253 e. The van der Waals surface area contributed by atoms with E-state index in [0.29, 0.717) is 5.92 Å². The Morgan fingerprint density at radius 2 is 1.86 bits per heavy atom. The zero-order valence-electron chi connectivity index (χ0n) is 13.2. The fourth-order valence-corrected chi connectivity index (χ4v) is 3.19. The molecule has 22 heavy (non-hydrogen) atoms. The SMILES string of the molecule is CCNCC1CCN(C(=O)c2ccc3ccccc3c2)CC1.